The molecule has 0 atom stereocenters. The predicted molar refractivity (Wildman–Crippen MR) is 109 cm³/mol. The zero-order valence-electron chi connectivity index (χ0n) is 15.3. The molecule has 0 spiro atoms. The van der Waals surface area contributed by atoms with Crippen LogP contribution in [-0.4, -0.2) is 33.3 Å². The summed E-state index contributed by atoms with van der Waals surface area (Å²) < 4.78 is 13.6. The molecule has 2 aromatic heterocycles. The molecule has 4 aromatic rings. The fourth-order valence-corrected chi connectivity index (χ4v) is 3.14. The van der Waals surface area contributed by atoms with Crippen molar-refractivity contribution in [3.63, 3.8) is 0 Å². The van der Waals surface area contributed by atoms with Crippen LogP contribution in [0, 0.1) is 5.82 Å². The van der Waals surface area contributed by atoms with E-state index in [2.05, 4.69) is 42.9 Å². The van der Waals surface area contributed by atoms with Crippen molar-refractivity contribution in [1.29, 1.82) is 0 Å². The molecule has 2 aromatic carbocycles. The molecule has 0 unspecified atom stereocenters. The quantitative estimate of drug-likeness (QED) is 0.436. The van der Waals surface area contributed by atoms with Gasteiger partial charge in [0.05, 0.1) is 6.20 Å². The van der Waals surface area contributed by atoms with Gasteiger partial charge < -0.3 is 15.6 Å². The highest BCUT2D eigenvalue weighted by atomic mass is 19.1. The molecule has 0 aliphatic heterocycles. The second kappa shape index (κ2) is 8.47. The van der Waals surface area contributed by atoms with Crippen LogP contribution in [0.1, 0.15) is 11.1 Å². The van der Waals surface area contributed by atoms with Gasteiger partial charge in [0.25, 0.3) is 0 Å². The summed E-state index contributed by atoms with van der Waals surface area (Å²) in [5, 5.41) is 15.6. The van der Waals surface area contributed by atoms with Crippen LogP contribution in [0.4, 0.5) is 16.2 Å². The van der Waals surface area contributed by atoms with Gasteiger partial charge in [-0.25, -0.2) is 4.39 Å². The summed E-state index contributed by atoms with van der Waals surface area (Å²) in [5.41, 5.74) is 3.06. The third-order valence-electron chi connectivity index (χ3n) is 4.57. The lowest BCUT2D eigenvalue weighted by atomic mass is 10.1. The number of rotatable bonds is 8. The first-order valence-corrected chi connectivity index (χ1v) is 9.25. The highest BCUT2D eigenvalue weighted by molar-refractivity contribution is 5.83. The first kappa shape index (κ1) is 17.9. The van der Waals surface area contributed by atoms with Crippen LogP contribution >= 0.6 is 0 Å². The zero-order chi connectivity index (χ0) is 19.2. The van der Waals surface area contributed by atoms with E-state index in [4.69, 9.17) is 0 Å². The van der Waals surface area contributed by atoms with Crippen LogP contribution in [0.25, 0.3) is 10.9 Å². The van der Waals surface area contributed by atoms with Gasteiger partial charge in [-0.2, -0.15) is 10.1 Å². The van der Waals surface area contributed by atoms with Crippen LogP contribution in [0.3, 0.4) is 0 Å². The molecule has 0 saturated heterocycles. The number of nitrogens with one attached hydrogen (secondary N) is 3. The molecular weight excluding hydrogens is 355 g/mol. The van der Waals surface area contributed by atoms with E-state index in [1.807, 2.05) is 24.4 Å². The Balaban J connectivity index is 1.29. The predicted octanol–water partition coefficient (Wildman–Crippen LogP) is 3.80. The summed E-state index contributed by atoms with van der Waals surface area (Å²) in [6, 6.07) is 15.0. The van der Waals surface area contributed by atoms with Crippen molar-refractivity contribution in [3.8, 4) is 0 Å². The minimum absolute atomic E-state index is 0.198. The summed E-state index contributed by atoms with van der Waals surface area (Å²) in [4.78, 5) is 7.69. The lowest BCUT2D eigenvalue weighted by Gasteiger charge is -2.08. The Morgan fingerprint density at radius 2 is 1.68 bits per heavy atom. The van der Waals surface area contributed by atoms with Gasteiger partial charge in [-0.05, 0) is 36.1 Å². The van der Waals surface area contributed by atoms with Gasteiger partial charge in [-0.3, -0.25) is 0 Å². The minimum Gasteiger partial charge on any atom is -0.368 e. The van der Waals surface area contributed by atoms with Crippen molar-refractivity contribution in [1.82, 2.24) is 20.2 Å². The topological polar surface area (TPSA) is 78.5 Å². The average molecular weight is 376 g/mol. The molecule has 4 rings (SSSR count). The Morgan fingerprint density at radius 3 is 2.61 bits per heavy atom. The monoisotopic (exact) mass is 376 g/mol. The van der Waals surface area contributed by atoms with Gasteiger partial charge in [-0.15, -0.1) is 5.10 Å². The maximum Gasteiger partial charge on any atom is 0.244 e. The van der Waals surface area contributed by atoms with Crippen LogP contribution in [0.5, 0.6) is 0 Å². The van der Waals surface area contributed by atoms with Crippen LogP contribution in [0.2, 0.25) is 0 Å². The number of aromatic nitrogens is 4. The normalized spacial score (nSPS) is 10.9. The number of H-pyrrole nitrogens is 1. The van der Waals surface area contributed by atoms with Gasteiger partial charge in [0, 0.05) is 30.2 Å². The molecule has 0 bridgehead atoms. The highest BCUT2D eigenvalue weighted by Crippen LogP contribution is 2.18. The molecule has 6 nitrogen and oxygen atoms in total. The molecule has 0 fully saturated rings. The Labute approximate surface area is 162 Å². The molecule has 0 amide bonds. The molecule has 0 aliphatic rings. The van der Waals surface area contributed by atoms with Gasteiger partial charge >= 0.3 is 0 Å². The van der Waals surface area contributed by atoms with E-state index in [1.165, 1.54) is 17.0 Å². The number of benzene rings is 2. The lowest BCUT2D eigenvalue weighted by Crippen LogP contribution is -2.12. The Kier molecular flexibility index (Phi) is 5.42. The molecule has 7 heteroatoms. The minimum atomic E-state index is -0.198. The van der Waals surface area contributed by atoms with E-state index in [1.54, 1.807) is 18.3 Å². The summed E-state index contributed by atoms with van der Waals surface area (Å²) >= 11 is 0. The summed E-state index contributed by atoms with van der Waals surface area (Å²) in [5.74, 6) is 0.882. The third-order valence-corrected chi connectivity index (χ3v) is 4.57. The molecule has 0 saturated carbocycles. The fraction of sp³-hybridized carbons (Fsp3) is 0.190. The number of aromatic amines is 1. The summed E-state index contributed by atoms with van der Waals surface area (Å²) in [6.45, 7) is 1.26. The molecule has 28 heavy (non-hydrogen) atoms. The molecule has 0 radical (unpaired) electrons. The standard InChI is InChI=1S/C21H21FN6/c22-18-7-3-1-5-15(18)9-12-24-21-27-20(14-26-28-21)23-11-10-16-13-25-19-8-4-2-6-17(16)19/h1-8,13-14,25H,9-12H2,(H2,23,24,27,28). The van der Waals surface area contributed by atoms with E-state index in [-0.39, 0.29) is 5.82 Å². The van der Waals surface area contributed by atoms with E-state index in [0.717, 1.165) is 18.5 Å². The Hall–Kier alpha value is -3.48. The highest BCUT2D eigenvalue weighted by Gasteiger charge is 2.05. The Bertz CT molecular complexity index is 1060. The number of fused-ring (bicyclic) bond motifs is 1. The van der Waals surface area contributed by atoms with E-state index < -0.39 is 0 Å². The second-order valence-corrected chi connectivity index (χ2v) is 6.47. The lowest BCUT2D eigenvalue weighted by molar-refractivity contribution is 0.610. The van der Waals surface area contributed by atoms with Crippen molar-refractivity contribution in [2.75, 3.05) is 23.7 Å². The molecule has 3 N–H and O–H groups in total. The number of halogens is 1. The van der Waals surface area contributed by atoms with Gasteiger partial charge in [0.2, 0.25) is 5.95 Å². The SMILES string of the molecule is Fc1ccccc1CCNc1nncc(NCCc2c[nH]c3ccccc23)n1. The smallest absolute Gasteiger partial charge is 0.244 e. The summed E-state index contributed by atoms with van der Waals surface area (Å²) in [6.07, 6.45) is 5.05. The van der Waals surface area contributed by atoms with E-state index >= 15 is 0 Å². The number of hydrogen-bond acceptors (Lipinski definition) is 5. The number of nitrogens with zero attached hydrogens (tertiary/aromatic N) is 3. The number of para-hydroxylation sites is 1. The van der Waals surface area contributed by atoms with Gasteiger partial charge in [0.15, 0.2) is 5.82 Å². The molecule has 2 heterocycles. The van der Waals surface area contributed by atoms with Crippen molar-refractivity contribution < 1.29 is 4.39 Å². The summed E-state index contributed by atoms with van der Waals surface area (Å²) in [7, 11) is 0. The van der Waals surface area contributed by atoms with Crippen molar-refractivity contribution in [3.05, 3.63) is 77.9 Å². The van der Waals surface area contributed by atoms with Gasteiger partial charge in [0.1, 0.15) is 5.82 Å². The van der Waals surface area contributed by atoms with Crippen molar-refractivity contribution in [2.24, 2.45) is 0 Å². The maximum atomic E-state index is 13.6. The second-order valence-electron chi connectivity index (χ2n) is 6.47. The van der Waals surface area contributed by atoms with E-state index in [9.17, 15) is 4.39 Å². The number of hydrogen-bond donors (Lipinski definition) is 3. The largest absolute Gasteiger partial charge is 0.368 e. The molecule has 0 aliphatic carbocycles. The first-order chi connectivity index (χ1) is 13.8. The first-order valence-electron chi connectivity index (χ1n) is 9.25. The van der Waals surface area contributed by atoms with Crippen LogP contribution < -0.4 is 10.6 Å². The van der Waals surface area contributed by atoms with E-state index in [0.29, 0.717) is 30.3 Å². The molecule has 142 valence electrons. The zero-order valence-corrected chi connectivity index (χ0v) is 15.3. The van der Waals surface area contributed by atoms with Crippen molar-refractivity contribution in [2.45, 2.75) is 12.8 Å². The fourth-order valence-electron chi connectivity index (χ4n) is 3.14. The van der Waals surface area contributed by atoms with Crippen LogP contribution in [0.15, 0.2) is 60.9 Å². The molecular formula is C21H21FN6. The van der Waals surface area contributed by atoms with Crippen molar-refractivity contribution >= 4 is 22.7 Å². The average Bonchev–Trinajstić information content (AvgIpc) is 3.13. The van der Waals surface area contributed by atoms with Crippen LogP contribution in [-0.2, 0) is 12.8 Å². The third kappa shape index (κ3) is 4.25. The number of anilines is 2. The Morgan fingerprint density at radius 1 is 0.893 bits per heavy atom. The maximum absolute atomic E-state index is 13.6. The van der Waals surface area contributed by atoms with Gasteiger partial charge in [-0.1, -0.05) is 36.4 Å².